The molecule has 1 N–H and O–H groups in total. The van der Waals surface area contributed by atoms with E-state index < -0.39 is 0 Å². The number of halogens is 1. The first-order valence-corrected chi connectivity index (χ1v) is 6.29. The quantitative estimate of drug-likeness (QED) is 0.916. The Hall–Kier alpha value is -0.540. The number of rotatable bonds is 4. The van der Waals surface area contributed by atoms with Crippen molar-refractivity contribution in [3.05, 3.63) is 28.2 Å². The summed E-state index contributed by atoms with van der Waals surface area (Å²) >= 11 is 3.48. The molecule has 0 saturated carbocycles. The normalized spacial score (nSPS) is 11.6. The molecule has 0 aliphatic carbocycles. The van der Waals surface area contributed by atoms with Crippen molar-refractivity contribution >= 4 is 15.9 Å². The number of benzene rings is 1. The van der Waals surface area contributed by atoms with Crippen molar-refractivity contribution in [3.63, 3.8) is 0 Å². The smallest absolute Gasteiger partial charge is 0.122 e. The maximum atomic E-state index is 5.33. The fourth-order valence-electron chi connectivity index (χ4n) is 1.51. The average molecular weight is 286 g/mol. The summed E-state index contributed by atoms with van der Waals surface area (Å²) in [5.74, 6) is 0.957. The molecule has 0 fully saturated rings. The first-order valence-electron chi connectivity index (χ1n) is 5.50. The Balaban J connectivity index is 2.62. The minimum absolute atomic E-state index is 0.166. The van der Waals surface area contributed by atoms with Gasteiger partial charge >= 0.3 is 0 Å². The highest BCUT2D eigenvalue weighted by Crippen LogP contribution is 2.23. The number of methoxy groups -OCH3 is 1. The summed E-state index contributed by atoms with van der Waals surface area (Å²) in [5, 5.41) is 3.47. The zero-order valence-electron chi connectivity index (χ0n) is 10.4. The van der Waals surface area contributed by atoms with E-state index in [9.17, 15) is 0 Å². The number of ether oxygens (including phenoxy) is 1. The van der Waals surface area contributed by atoms with Gasteiger partial charge in [0.2, 0.25) is 0 Å². The van der Waals surface area contributed by atoms with Gasteiger partial charge < -0.3 is 10.1 Å². The molecule has 0 aromatic heterocycles. The summed E-state index contributed by atoms with van der Waals surface area (Å²) in [5.41, 5.74) is 1.40. The van der Waals surface area contributed by atoms with Gasteiger partial charge in [-0.2, -0.15) is 0 Å². The predicted octanol–water partition coefficient (Wildman–Crippen LogP) is 3.39. The van der Waals surface area contributed by atoms with Gasteiger partial charge in [-0.05, 0) is 57.5 Å². The third-order valence-corrected chi connectivity index (χ3v) is 2.79. The van der Waals surface area contributed by atoms with Crippen LogP contribution in [0.25, 0.3) is 0 Å². The highest BCUT2D eigenvalue weighted by atomic mass is 79.9. The van der Waals surface area contributed by atoms with Gasteiger partial charge in [0.1, 0.15) is 5.75 Å². The summed E-state index contributed by atoms with van der Waals surface area (Å²) in [6, 6.07) is 6.11. The van der Waals surface area contributed by atoms with Gasteiger partial charge in [-0.15, -0.1) is 0 Å². The Labute approximate surface area is 107 Å². The van der Waals surface area contributed by atoms with Crippen LogP contribution in [0.15, 0.2) is 22.7 Å². The van der Waals surface area contributed by atoms with Crippen LogP contribution in [0.3, 0.4) is 0 Å². The molecule has 0 heterocycles. The van der Waals surface area contributed by atoms with E-state index in [1.807, 2.05) is 12.1 Å². The minimum Gasteiger partial charge on any atom is -0.496 e. The summed E-state index contributed by atoms with van der Waals surface area (Å²) in [6.45, 7) is 7.47. The van der Waals surface area contributed by atoms with Crippen LogP contribution >= 0.6 is 15.9 Å². The SMILES string of the molecule is COc1ccc(Br)cc1CCNC(C)(C)C. The van der Waals surface area contributed by atoms with E-state index in [1.165, 1.54) is 5.56 Å². The third-order valence-electron chi connectivity index (χ3n) is 2.29. The summed E-state index contributed by atoms with van der Waals surface area (Å²) < 4.78 is 6.43. The molecule has 3 heteroatoms. The summed E-state index contributed by atoms with van der Waals surface area (Å²) in [4.78, 5) is 0. The number of nitrogens with one attached hydrogen (secondary N) is 1. The fraction of sp³-hybridized carbons (Fsp3) is 0.538. The molecule has 1 aromatic rings. The van der Waals surface area contributed by atoms with E-state index in [2.05, 4.69) is 48.1 Å². The standard InChI is InChI=1S/C13H20BrNO/c1-13(2,3)15-8-7-10-9-11(14)5-6-12(10)16-4/h5-6,9,15H,7-8H2,1-4H3. The van der Waals surface area contributed by atoms with Crippen LogP contribution in [0.1, 0.15) is 26.3 Å². The van der Waals surface area contributed by atoms with Crippen molar-refractivity contribution < 1.29 is 4.74 Å². The zero-order chi connectivity index (χ0) is 12.2. The molecule has 2 nitrogen and oxygen atoms in total. The molecule has 0 aliphatic rings. The van der Waals surface area contributed by atoms with E-state index in [1.54, 1.807) is 7.11 Å². The Morgan fingerprint density at radius 2 is 2.00 bits per heavy atom. The van der Waals surface area contributed by atoms with Crippen LogP contribution in [-0.2, 0) is 6.42 Å². The minimum atomic E-state index is 0.166. The third kappa shape index (κ3) is 4.54. The highest BCUT2D eigenvalue weighted by Gasteiger charge is 2.09. The number of hydrogen-bond donors (Lipinski definition) is 1. The van der Waals surface area contributed by atoms with Crippen molar-refractivity contribution in [2.75, 3.05) is 13.7 Å². The van der Waals surface area contributed by atoms with E-state index in [-0.39, 0.29) is 5.54 Å². The molecule has 1 rings (SSSR count). The maximum Gasteiger partial charge on any atom is 0.122 e. The van der Waals surface area contributed by atoms with E-state index in [4.69, 9.17) is 4.74 Å². The van der Waals surface area contributed by atoms with Crippen LogP contribution < -0.4 is 10.1 Å². The number of hydrogen-bond acceptors (Lipinski definition) is 2. The predicted molar refractivity (Wildman–Crippen MR) is 72.2 cm³/mol. The van der Waals surface area contributed by atoms with Gasteiger partial charge in [0.05, 0.1) is 7.11 Å². The molecular weight excluding hydrogens is 266 g/mol. The molecule has 0 saturated heterocycles. The fourth-order valence-corrected chi connectivity index (χ4v) is 1.92. The largest absolute Gasteiger partial charge is 0.496 e. The van der Waals surface area contributed by atoms with Crippen molar-refractivity contribution in [2.45, 2.75) is 32.7 Å². The molecule has 0 unspecified atom stereocenters. The lowest BCUT2D eigenvalue weighted by atomic mass is 10.1. The maximum absolute atomic E-state index is 5.33. The van der Waals surface area contributed by atoms with Crippen molar-refractivity contribution in [1.82, 2.24) is 5.32 Å². The van der Waals surface area contributed by atoms with Gasteiger partial charge in [-0.3, -0.25) is 0 Å². The molecule has 16 heavy (non-hydrogen) atoms. The Bertz CT molecular complexity index is 344. The van der Waals surface area contributed by atoms with E-state index >= 15 is 0 Å². The lowest BCUT2D eigenvalue weighted by Gasteiger charge is -2.20. The summed E-state index contributed by atoms with van der Waals surface area (Å²) in [6.07, 6.45) is 0.972. The Kier molecular flexibility index (Phi) is 4.81. The average Bonchev–Trinajstić information content (AvgIpc) is 2.16. The Morgan fingerprint density at radius 3 is 2.56 bits per heavy atom. The molecule has 0 aliphatic heterocycles. The zero-order valence-corrected chi connectivity index (χ0v) is 12.0. The van der Waals surface area contributed by atoms with Crippen LogP contribution in [0.5, 0.6) is 5.75 Å². The van der Waals surface area contributed by atoms with Gasteiger partial charge in [-0.1, -0.05) is 15.9 Å². The topological polar surface area (TPSA) is 21.3 Å². The lowest BCUT2D eigenvalue weighted by Crippen LogP contribution is -2.37. The highest BCUT2D eigenvalue weighted by molar-refractivity contribution is 9.10. The molecular formula is C13H20BrNO. The van der Waals surface area contributed by atoms with Crippen molar-refractivity contribution in [1.29, 1.82) is 0 Å². The van der Waals surface area contributed by atoms with Crippen LogP contribution in [0.4, 0.5) is 0 Å². The van der Waals surface area contributed by atoms with Crippen molar-refractivity contribution in [2.24, 2.45) is 0 Å². The second-order valence-electron chi connectivity index (χ2n) is 4.88. The molecule has 0 atom stereocenters. The molecule has 1 aromatic carbocycles. The molecule has 0 amide bonds. The van der Waals surface area contributed by atoms with Crippen molar-refractivity contribution in [3.8, 4) is 5.75 Å². The van der Waals surface area contributed by atoms with E-state index in [0.717, 1.165) is 23.2 Å². The summed E-state index contributed by atoms with van der Waals surface area (Å²) in [7, 11) is 1.71. The molecule has 0 spiro atoms. The second-order valence-corrected chi connectivity index (χ2v) is 5.80. The van der Waals surface area contributed by atoms with Crippen LogP contribution in [0, 0.1) is 0 Å². The monoisotopic (exact) mass is 285 g/mol. The molecule has 0 radical (unpaired) electrons. The van der Waals surface area contributed by atoms with E-state index in [0.29, 0.717) is 0 Å². The Morgan fingerprint density at radius 1 is 1.31 bits per heavy atom. The lowest BCUT2D eigenvalue weighted by molar-refractivity contribution is 0.402. The van der Waals surface area contributed by atoms with Gasteiger partial charge in [0.15, 0.2) is 0 Å². The van der Waals surface area contributed by atoms with Gasteiger partial charge in [0, 0.05) is 10.0 Å². The van der Waals surface area contributed by atoms with Gasteiger partial charge in [-0.25, -0.2) is 0 Å². The van der Waals surface area contributed by atoms with Gasteiger partial charge in [0.25, 0.3) is 0 Å². The second kappa shape index (κ2) is 5.69. The molecule has 0 bridgehead atoms. The van der Waals surface area contributed by atoms with Crippen LogP contribution in [0.2, 0.25) is 0 Å². The first kappa shape index (κ1) is 13.5. The van der Waals surface area contributed by atoms with Crippen LogP contribution in [-0.4, -0.2) is 19.2 Å². The molecule has 90 valence electrons. The first-order chi connectivity index (χ1) is 7.42.